The maximum absolute atomic E-state index is 5.99. The fraction of sp³-hybridized carbons (Fsp3) is 0.625. The molecule has 0 aliphatic carbocycles. The van der Waals surface area contributed by atoms with E-state index in [1.54, 1.807) is 0 Å². The summed E-state index contributed by atoms with van der Waals surface area (Å²) in [4.78, 5) is 2.34. The Morgan fingerprint density at radius 3 is 2.70 bits per heavy atom. The lowest BCUT2D eigenvalue weighted by Gasteiger charge is -2.36. The van der Waals surface area contributed by atoms with Crippen LogP contribution in [0.15, 0.2) is 12.1 Å². The molecule has 2 N–H and O–H groups in total. The minimum Gasteiger partial charge on any atom is -0.467 e. The molecule has 2 rings (SSSR count). The quantitative estimate of drug-likeness (QED) is 0.863. The van der Waals surface area contributed by atoms with Gasteiger partial charge in [-0.15, -0.1) is 0 Å². The number of nitrogen functional groups attached to an aromatic ring is 1. The predicted molar refractivity (Wildman–Crippen MR) is 81.5 cm³/mol. The van der Waals surface area contributed by atoms with E-state index in [2.05, 4.69) is 39.6 Å². The number of nitrogens with two attached hydrogens (primary N) is 1. The Morgan fingerprint density at radius 2 is 2.05 bits per heavy atom. The van der Waals surface area contributed by atoms with Crippen LogP contribution in [0, 0.1) is 5.41 Å². The van der Waals surface area contributed by atoms with Crippen molar-refractivity contribution in [2.24, 2.45) is 5.41 Å². The predicted octanol–water partition coefficient (Wildman–Crippen LogP) is 3.00. The van der Waals surface area contributed by atoms with Crippen molar-refractivity contribution < 1.29 is 9.47 Å². The molecule has 112 valence electrons. The molecule has 0 spiro atoms. The van der Waals surface area contributed by atoms with Crippen LogP contribution in [0.5, 0.6) is 5.75 Å². The number of hydrogen-bond acceptors (Lipinski definition) is 4. The summed E-state index contributed by atoms with van der Waals surface area (Å²) in [5, 5.41) is 0. The molecule has 20 heavy (non-hydrogen) atoms. The van der Waals surface area contributed by atoms with E-state index in [0.29, 0.717) is 19.4 Å². The van der Waals surface area contributed by atoms with Crippen molar-refractivity contribution in [3.8, 4) is 5.75 Å². The van der Waals surface area contributed by atoms with Gasteiger partial charge in [-0.25, -0.2) is 0 Å². The van der Waals surface area contributed by atoms with E-state index in [4.69, 9.17) is 15.2 Å². The second kappa shape index (κ2) is 5.62. The molecule has 1 unspecified atom stereocenters. The summed E-state index contributed by atoms with van der Waals surface area (Å²) in [6, 6.07) is 4.40. The van der Waals surface area contributed by atoms with Gasteiger partial charge in [-0.05, 0) is 31.5 Å². The van der Waals surface area contributed by atoms with E-state index in [9.17, 15) is 0 Å². The Kier molecular flexibility index (Phi) is 4.25. The molecule has 0 fully saturated rings. The Balaban J connectivity index is 2.23. The average Bonchev–Trinajstić information content (AvgIpc) is 2.36. The highest BCUT2D eigenvalue weighted by Gasteiger charge is 2.25. The summed E-state index contributed by atoms with van der Waals surface area (Å²) < 4.78 is 11.0. The number of ether oxygens (including phenoxy) is 2. The molecule has 1 heterocycles. The molecule has 4 nitrogen and oxygen atoms in total. The third-order valence-electron chi connectivity index (χ3n) is 4.14. The summed E-state index contributed by atoms with van der Waals surface area (Å²) in [5.41, 5.74) is 9.18. The molecular weight excluding hydrogens is 252 g/mol. The van der Waals surface area contributed by atoms with Gasteiger partial charge in [-0.1, -0.05) is 20.8 Å². The van der Waals surface area contributed by atoms with Crippen LogP contribution >= 0.6 is 0 Å². The van der Waals surface area contributed by atoms with Crippen molar-refractivity contribution in [2.45, 2.75) is 46.9 Å². The first-order valence-corrected chi connectivity index (χ1v) is 7.11. The summed E-state index contributed by atoms with van der Waals surface area (Å²) in [6.45, 7) is 10.7. The first kappa shape index (κ1) is 15.1. The van der Waals surface area contributed by atoms with Crippen LogP contribution in [-0.2, 0) is 17.9 Å². The molecular formula is C16H26N2O2. The van der Waals surface area contributed by atoms with Gasteiger partial charge < -0.3 is 15.2 Å². The standard InChI is InChI=1S/C16H26N2O2/c1-11(16(2,3)4)18(5)8-12-6-14(17)7-13-9-19-10-20-15(12)13/h6-7,11H,8-10,17H2,1-5H3. The van der Waals surface area contributed by atoms with Gasteiger partial charge >= 0.3 is 0 Å². The van der Waals surface area contributed by atoms with E-state index < -0.39 is 0 Å². The second-order valence-electron chi connectivity index (χ2n) is 6.74. The zero-order chi connectivity index (χ0) is 14.9. The topological polar surface area (TPSA) is 47.7 Å². The van der Waals surface area contributed by atoms with Gasteiger partial charge in [0.25, 0.3) is 0 Å². The summed E-state index contributed by atoms with van der Waals surface area (Å²) in [5.74, 6) is 0.943. The highest BCUT2D eigenvalue weighted by molar-refractivity contribution is 5.53. The minimum absolute atomic E-state index is 0.235. The largest absolute Gasteiger partial charge is 0.467 e. The zero-order valence-corrected chi connectivity index (χ0v) is 13.2. The monoisotopic (exact) mass is 278 g/mol. The van der Waals surface area contributed by atoms with Crippen LogP contribution in [0.1, 0.15) is 38.8 Å². The molecule has 1 atom stereocenters. The van der Waals surface area contributed by atoms with Gasteiger partial charge in [0.1, 0.15) is 5.75 Å². The minimum atomic E-state index is 0.235. The lowest BCUT2D eigenvalue weighted by atomic mass is 9.87. The van der Waals surface area contributed by atoms with Gasteiger partial charge in [0.15, 0.2) is 6.79 Å². The number of anilines is 1. The van der Waals surface area contributed by atoms with Crippen LogP contribution in [0.2, 0.25) is 0 Å². The molecule has 1 aromatic rings. The number of hydrogen-bond donors (Lipinski definition) is 1. The number of benzene rings is 1. The molecule has 0 saturated heterocycles. The van der Waals surface area contributed by atoms with Crippen molar-refractivity contribution >= 4 is 5.69 Å². The molecule has 0 aromatic heterocycles. The third kappa shape index (κ3) is 3.25. The maximum atomic E-state index is 5.99. The second-order valence-corrected chi connectivity index (χ2v) is 6.74. The van der Waals surface area contributed by atoms with E-state index in [1.807, 2.05) is 12.1 Å². The first-order chi connectivity index (χ1) is 9.29. The van der Waals surface area contributed by atoms with E-state index in [0.717, 1.165) is 29.1 Å². The van der Waals surface area contributed by atoms with Crippen molar-refractivity contribution in [1.82, 2.24) is 4.90 Å². The summed E-state index contributed by atoms with van der Waals surface area (Å²) >= 11 is 0. The maximum Gasteiger partial charge on any atom is 0.189 e. The van der Waals surface area contributed by atoms with Gasteiger partial charge in [-0.3, -0.25) is 4.90 Å². The van der Waals surface area contributed by atoms with Gasteiger partial charge in [0.05, 0.1) is 6.61 Å². The lowest BCUT2D eigenvalue weighted by molar-refractivity contribution is -0.0176. The normalized spacial score (nSPS) is 16.7. The highest BCUT2D eigenvalue weighted by atomic mass is 16.7. The number of fused-ring (bicyclic) bond motifs is 1. The average molecular weight is 278 g/mol. The van der Waals surface area contributed by atoms with Crippen molar-refractivity contribution in [3.63, 3.8) is 0 Å². The van der Waals surface area contributed by atoms with Gasteiger partial charge in [0.2, 0.25) is 0 Å². The number of nitrogens with zero attached hydrogens (tertiary/aromatic N) is 1. The van der Waals surface area contributed by atoms with E-state index in [-0.39, 0.29) is 5.41 Å². The first-order valence-electron chi connectivity index (χ1n) is 7.11. The van der Waals surface area contributed by atoms with Crippen LogP contribution in [-0.4, -0.2) is 24.8 Å². The third-order valence-corrected chi connectivity index (χ3v) is 4.14. The van der Waals surface area contributed by atoms with Crippen LogP contribution < -0.4 is 10.5 Å². The van der Waals surface area contributed by atoms with Crippen molar-refractivity contribution in [3.05, 3.63) is 23.3 Å². The Morgan fingerprint density at radius 1 is 1.35 bits per heavy atom. The lowest BCUT2D eigenvalue weighted by Crippen LogP contribution is -2.39. The summed E-state index contributed by atoms with van der Waals surface area (Å²) in [7, 11) is 2.14. The molecule has 0 saturated carbocycles. The fourth-order valence-electron chi connectivity index (χ4n) is 2.51. The van der Waals surface area contributed by atoms with Gasteiger partial charge in [-0.2, -0.15) is 0 Å². The van der Waals surface area contributed by atoms with E-state index in [1.165, 1.54) is 0 Å². The Bertz CT molecular complexity index is 480. The summed E-state index contributed by atoms with van der Waals surface area (Å²) in [6.07, 6.45) is 0. The molecule has 1 aliphatic rings. The molecule has 1 aliphatic heterocycles. The van der Waals surface area contributed by atoms with Crippen molar-refractivity contribution in [1.29, 1.82) is 0 Å². The fourth-order valence-corrected chi connectivity index (χ4v) is 2.51. The molecule has 0 bridgehead atoms. The zero-order valence-electron chi connectivity index (χ0n) is 13.2. The van der Waals surface area contributed by atoms with Gasteiger partial charge in [0, 0.05) is 29.4 Å². The molecule has 1 aromatic carbocycles. The van der Waals surface area contributed by atoms with Crippen molar-refractivity contribution in [2.75, 3.05) is 19.6 Å². The highest BCUT2D eigenvalue weighted by Crippen LogP contribution is 2.33. The van der Waals surface area contributed by atoms with E-state index >= 15 is 0 Å². The van der Waals surface area contributed by atoms with Crippen LogP contribution in [0.4, 0.5) is 5.69 Å². The Hall–Kier alpha value is -1.26. The van der Waals surface area contributed by atoms with Crippen LogP contribution in [0.3, 0.4) is 0 Å². The number of rotatable bonds is 3. The molecule has 4 heteroatoms. The Labute approximate surface area is 121 Å². The van der Waals surface area contributed by atoms with Crippen LogP contribution in [0.25, 0.3) is 0 Å². The molecule has 0 amide bonds. The smallest absolute Gasteiger partial charge is 0.189 e. The SMILES string of the molecule is CC(N(C)Cc1cc(N)cc2c1OCOC2)C(C)(C)C. The molecule has 0 radical (unpaired) electrons.